The van der Waals surface area contributed by atoms with Crippen LogP contribution in [-0.4, -0.2) is 18.2 Å². The van der Waals surface area contributed by atoms with E-state index >= 15 is 0 Å². The fourth-order valence-electron chi connectivity index (χ4n) is 1.88. The Morgan fingerprint density at radius 2 is 1.89 bits per heavy atom. The number of hydrogen-bond acceptors (Lipinski definition) is 2. The minimum Gasteiger partial charge on any atom is -0.496 e. The molecule has 0 aliphatic rings. The van der Waals surface area contributed by atoms with Crippen LogP contribution in [0.25, 0.3) is 11.1 Å². The third-order valence-electron chi connectivity index (χ3n) is 2.78. The third kappa shape index (κ3) is 3.26. The van der Waals surface area contributed by atoms with Crippen LogP contribution in [0, 0.1) is 0 Å². The van der Waals surface area contributed by atoms with Crippen molar-refractivity contribution in [1.29, 1.82) is 0 Å². The van der Waals surface area contributed by atoms with Gasteiger partial charge in [0, 0.05) is 10.6 Å². The quantitative estimate of drug-likeness (QED) is 0.927. The maximum atomic E-state index is 10.6. The first kappa shape index (κ1) is 13.4. The van der Waals surface area contributed by atoms with E-state index in [1.54, 1.807) is 25.3 Å². The van der Waals surface area contributed by atoms with Crippen molar-refractivity contribution in [3.8, 4) is 16.9 Å². The molecular weight excluding hydrogens is 264 g/mol. The van der Waals surface area contributed by atoms with Gasteiger partial charge in [0.25, 0.3) is 0 Å². The average Bonchev–Trinajstić information content (AvgIpc) is 2.39. The number of carboxylic acid groups (broad SMARTS) is 1. The summed E-state index contributed by atoms with van der Waals surface area (Å²) in [5, 5.41) is 9.36. The minimum atomic E-state index is -0.840. The van der Waals surface area contributed by atoms with Crippen LogP contribution in [0.1, 0.15) is 5.56 Å². The highest BCUT2D eigenvalue weighted by molar-refractivity contribution is 6.31. The summed E-state index contributed by atoms with van der Waals surface area (Å²) in [7, 11) is 1.60. The van der Waals surface area contributed by atoms with Crippen molar-refractivity contribution in [2.24, 2.45) is 0 Å². The van der Waals surface area contributed by atoms with Gasteiger partial charge in [-0.25, -0.2) is 0 Å². The van der Waals surface area contributed by atoms with Gasteiger partial charge in [-0.3, -0.25) is 4.79 Å². The highest BCUT2D eigenvalue weighted by Gasteiger charge is 2.07. The second-order valence-electron chi connectivity index (χ2n) is 4.11. The first-order chi connectivity index (χ1) is 9.10. The number of carboxylic acids is 1. The Balaban J connectivity index is 2.36. The van der Waals surface area contributed by atoms with E-state index in [0.717, 1.165) is 22.4 Å². The van der Waals surface area contributed by atoms with Crippen molar-refractivity contribution in [2.75, 3.05) is 7.11 Å². The van der Waals surface area contributed by atoms with E-state index < -0.39 is 5.97 Å². The molecule has 3 nitrogen and oxygen atoms in total. The lowest BCUT2D eigenvalue weighted by Gasteiger charge is -2.09. The van der Waals surface area contributed by atoms with Gasteiger partial charge in [-0.2, -0.15) is 0 Å². The molecule has 0 unspecified atom stereocenters. The molecule has 4 heteroatoms. The second kappa shape index (κ2) is 5.76. The summed E-state index contributed by atoms with van der Waals surface area (Å²) in [5.41, 5.74) is 2.59. The van der Waals surface area contributed by atoms with Crippen molar-refractivity contribution in [3.05, 3.63) is 53.1 Å². The summed E-state index contributed by atoms with van der Waals surface area (Å²) in [6.07, 6.45) is 0.0208. The maximum absolute atomic E-state index is 10.6. The van der Waals surface area contributed by atoms with Gasteiger partial charge in [0.2, 0.25) is 0 Å². The number of halogens is 1. The monoisotopic (exact) mass is 276 g/mol. The standard InChI is InChI=1S/C15H13ClO3/c1-19-14-7-6-12(16)9-13(14)11-4-2-10(3-5-11)8-15(17)18/h2-7,9H,8H2,1H3,(H,17,18). The maximum Gasteiger partial charge on any atom is 0.307 e. The number of benzene rings is 2. The molecule has 0 aliphatic carbocycles. The van der Waals surface area contributed by atoms with E-state index in [2.05, 4.69) is 0 Å². The Labute approximate surface area is 116 Å². The van der Waals surface area contributed by atoms with Crippen LogP contribution in [0.5, 0.6) is 5.75 Å². The largest absolute Gasteiger partial charge is 0.496 e. The van der Waals surface area contributed by atoms with E-state index in [4.69, 9.17) is 21.4 Å². The Bertz CT molecular complexity index is 591. The predicted molar refractivity (Wildman–Crippen MR) is 74.8 cm³/mol. The van der Waals surface area contributed by atoms with E-state index in [1.807, 2.05) is 24.3 Å². The summed E-state index contributed by atoms with van der Waals surface area (Å²) in [6, 6.07) is 12.7. The van der Waals surface area contributed by atoms with E-state index in [1.165, 1.54) is 0 Å². The van der Waals surface area contributed by atoms with Crippen LogP contribution < -0.4 is 4.74 Å². The number of hydrogen-bond donors (Lipinski definition) is 1. The summed E-state index contributed by atoms with van der Waals surface area (Å²) in [4.78, 5) is 10.6. The lowest BCUT2D eigenvalue weighted by Crippen LogP contribution is -1.99. The van der Waals surface area contributed by atoms with Crippen LogP contribution in [0.15, 0.2) is 42.5 Å². The molecule has 2 aromatic rings. The predicted octanol–water partition coefficient (Wildman–Crippen LogP) is 3.64. The molecule has 0 aromatic heterocycles. The van der Waals surface area contributed by atoms with Crippen LogP contribution in [0.4, 0.5) is 0 Å². The molecule has 0 heterocycles. The lowest BCUT2D eigenvalue weighted by atomic mass is 10.0. The number of aliphatic carboxylic acids is 1. The zero-order chi connectivity index (χ0) is 13.8. The number of methoxy groups -OCH3 is 1. The van der Waals surface area contributed by atoms with Gasteiger partial charge < -0.3 is 9.84 Å². The molecule has 0 saturated carbocycles. The average molecular weight is 277 g/mol. The molecule has 0 fully saturated rings. The molecule has 0 saturated heterocycles. The molecule has 0 spiro atoms. The number of ether oxygens (including phenoxy) is 1. The second-order valence-corrected chi connectivity index (χ2v) is 4.55. The smallest absolute Gasteiger partial charge is 0.307 e. The Morgan fingerprint density at radius 1 is 1.21 bits per heavy atom. The van der Waals surface area contributed by atoms with Crippen molar-refractivity contribution < 1.29 is 14.6 Å². The molecule has 2 rings (SSSR count). The van der Waals surface area contributed by atoms with Crippen molar-refractivity contribution in [3.63, 3.8) is 0 Å². The molecular formula is C15H13ClO3. The van der Waals surface area contributed by atoms with Crippen LogP contribution in [0.3, 0.4) is 0 Å². The normalized spacial score (nSPS) is 10.2. The molecule has 0 amide bonds. The Hall–Kier alpha value is -2.00. The molecule has 0 atom stereocenters. The van der Waals surface area contributed by atoms with Crippen LogP contribution in [-0.2, 0) is 11.2 Å². The van der Waals surface area contributed by atoms with Gasteiger partial charge in [-0.15, -0.1) is 0 Å². The minimum absolute atomic E-state index is 0.0208. The first-order valence-electron chi connectivity index (χ1n) is 5.75. The van der Waals surface area contributed by atoms with E-state index in [-0.39, 0.29) is 6.42 Å². The van der Waals surface area contributed by atoms with Gasteiger partial charge in [-0.1, -0.05) is 35.9 Å². The molecule has 0 aliphatic heterocycles. The van der Waals surface area contributed by atoms with E-state index in [9.17, 15) is 4.79 Å². The highest BCUT2D eigenvalue weighted by Crippen LogP contribution is 2.32. The van der Waals surface area contributed by atoms with Crippen molar-refractivity contribution in [2.45, 2.75) is 6.42 Å². The third-order valence-corrected chi connectivity index (χ3v) is 3.02. The molecule has 19 heavy (non-hydrogen) atoms. The zero-order valence-corrected chi connectivity index (χ0v) is 11.1. The summed E-state index contributed by atoms with van der Waals surface area (Å²) >= 11 is 5.99. The molecule has 98 valence electrons. The molecule has 0 radical (unpaired) electrons. The highest BCUT2D eigenvalue weighted by atomic mass is 35.5. The van der Waals surface area contributed by atoms with Gasteiger partial charge in [0.15, 0.2) is 0 Å². The van der Waals surface area contributed by atoms with Crippen LogP contribution in [0.2, 0.25) is 5.02 Å². The molecule has 0 bridgehead atoms. The van der Waals surface area contributed by atoms with Gasteiger partial charge >= 0.3 is 5.97 Å². The number of rotatable bonds is 4. The van der Waals surface area contributed by atoms with E-state index in [0.29, 0.717) is 5.02 Å². The topological polar surface area (TPSA) is 46.5 Å². The van der Waals surface area contributed by atoms with Gasteiger partial charge in [-0.05, 0) is 29.3 Å². The Morgan fingerprint density at radius 3 is 2.47 bits per heavy atom. The molecule has 2 aromatic carbocycles. The lowest BCUT2D eigenvalue weighted by molar-refractivity contribution is -0.136. The summed E-state index contributed by atoms with van der Waals surface area (Å²) < 4.78 is 5.30. The Kier molecular flexibility index (Phi) is 4.07. The van der Waals surface area contributed by atoms with Crippen LogP contribution >= 0.6 is 11.6 Å². The van der Waals surface area contributed by atoms with Gasteiger partial charge in [0.05, 0.1) is 13.5 Å². The molecule has 1 N–H and O–H groups in total. The fraction of sp³-hybridized carbons (Fsp3) is 0.133. The van der Waals surface area contributed by atoms with Gasteiger partial charge in [0.1, 0.15) is 5.75 Å². The van der Waals surface area contributed by atoms with Crippen molar-refractivity contribution >= 4 is 17.6 Å². The summed E-state index contributed by atoms with van der Waals surface area (Å²) in [5.74, 6) is -0.108. The SMILES string of the molecule is COc1ccc(Cl)cc1-c1ccc(CC(=O)O)cc1. The van der Waals surface area contributed by atoms with Crippen molar-refractivity contribution in [1.82, 2.24) is 0 Å². The first-order valence-corrected chi connectivity index (χ1v) is 6.12. The zero-order valence-electron chi connectivity index (χ0n) is 10.4. The number of carbonyl (C=O) groups is 1. The summed E-state index contributed by atoms with van der Waals surface area (Å²) in [6.45, 7) is 0. The fourth-order valence-corrected chi connectivity index (χ4v) is 2.05.